The normalized spacial score (nSPS) is 20.6. The maximum absolute atomic E-state index is 13.6. The molecule has 2 fully saturated rings. The number of sulfonamides is 1. The van der Waals surface area contributed by atoms with Gasteiger partial charge in [0.2, 0.25) is 15.9 Å². The molecule has 7 rings (SSSR count). The molecule has 1 amide bonds. The highest BCUT2D eigenvalue weighted by atomic mass is 32.2. The molecular formula is C46H51N3O7S. The van der Waals surface area contributed by atoms with Crippen LogP contribution < -0.4 is 10.0 Å². The zero-order chi connectivity index (χ0) is 39.8. The molecule has 2 heterocycles. The first-order chi connectivity index (χ1) is 27.7. The van der Waals surface area contributed by atoms with Crippen LogP contribution in [0.1, 0.15) is 65.0 Å². The molecule has 5 aromatic rings. The number of carbonyl (C=O) groups is 1. The quantitative estimate of drug-likeness (QED) is 0.0963. The minimum atomic E-state index is -3.96. The number of rotatable bonds is 15. The van der Waals surface area contributed by atoms with E-state index in [4.69, 9.17) is 9.47 Å². The van der Waals surface area contributed by atoms with E-state index in [1.54, 1.807) is 24.3 Å². The third-order valence-electron chi connectivity index (χ3n) is 10.9. The Morgan fingerprint density at radius 1 is 0.807 bits per heavy atom. The van der Waals surface area contributed by atoms with Crippen molar-refractivity contribution < 1.29 is 32.9 Å². The van der Waals surface area contributed by atoms with Gasteiger partial charge in [0.1, 0.15) is 6.04 Å². The van der Waals surface area contributed by atoms with Gasteiger partial charge in [-0.3, -0.25) is 9.69 Å². The monoisotopic (exact) mass is 789 g/mol. The number of nitrogens with one attached hydrogen (secondary N) is 2. The number of ether oxygens (including phenoxy) is 2. The van der Waals surface area contributed by atoms with E-state index in [0.29, 0.717) is 13.0 Å². The van der Waals surface area contributed by atoms with Crippen molar-refractivity contribution in [2.45, 2.75) is 81.2 Å². The summed E-state index contributed by atoms with van der Waals surface area (Å²) in [6.07, 6.45) is 2.01. The molecule has 11 heteroatoms. The fourth-order valence-corrected chi connectivity index (χ4v) is 8.85. The Kier molecular flexibility index (Phi) is 13.3. The van der Waals surface area contributed by atoms with E-state index in [0.717, 1.165) is 63.9 Å². The Hall–Kier alpha value is -4.72. The number of aliphatic hydroxyl groups is 2. The lowest BCUT2D eigenvalue weighted by molar-refractivity contribution is -0.253. The van der Waals surface area contributed by atoms with E-state index < -0.39 is 28.3 Å². The second-order valence-corrected chi connectivity index (χ2v) is 16.8. The summed E-state index contributed by atoms with van der Waals surface area (Å²) >= 11 is 0. The van der Waals surface area contributed by atoms with Crippen LogP contribution in [0.25, 0.3) is 11.1 Å². The topological polar surface area (TPSA) is 137 Å². The van der Waals surface area contributed by atoms with Crippen molar-refractivity contribution in [3.05, 3.63) is 161 Å². The molecule has 0 radical (unpaired) electrons. The maximum Gasteiger partial charge on any atom is 0.241 e. The van der Waals surface area contributed by atoms with Crippen molar-refractivity contribution in [1.29, 1.82) is 0 Å². The van der Waals surface area contributed by atoms with Crippen LogP contribution in [0.15, 0.2) is 132 Å². The van der Waals surface area contributed by atoms with E-state index in [1.165, 1.54) is 0 Å². The van der Waals surface area contributed by atoms with Crippen molar-refractivity contribution in [1.82, 2.24) is 14.9 Å². The van der Waals surface area contributed by atoms with Crippen LogP contribution in [0.4, 0.5) is 0 Å². The summed E-state index contributed by atoms with van der Waals surface area (Å²) in [5, 5.41) is 22.5. The van der Waals surface area contributed by atoms with Gasteiger partial charge in [0.05, 0.1) is 30.3 Å². The van der Waals surface area contributed by atoms with Gasteiger partial charge in [-0.25, -0.2) is 8.42 Å². The van der Waals surface area contributed by atoms with Crippen LogP contribution in [-0.4, -0.2) is 67.3 Å². The van der Waals surface area contributed by atoms with E-state index in [9.17, 15) is 23.4 Å². The Morgan fingerprint density at radius 2 is 1.53 bits per heavy atom. The highest BCUT2D eigenvalue weighted by Gasteiger charge is 2.35. The fraction of sp³-hybridized carbons (Fsp3) is 0.326. The molecular weight excluding hydrogens is 739 g/mol. The zero-order valence-corrected chi connectivity index (χ0v) is 33.0. The second kappa shape index (κ2) is 18.7. The minimum absolute atomic E-state index is 0.0182. The van der Waals surface area contributed by atoms with Crippen LogP contribution in [0.2, 0.25) is 0 Å². The molecule has 5 atom stereocenters. The number of likely N-dealkylation sites (tertiary alicyclic amines) is 1. The molecule has 10 nitrogen and oxygen atoms in total. The Morgan fingerprint density at radius 3 is 2.25 bits per heavy atom. The van der Waals surface area contributed by atoms with Crippen LogP contribution in [-0.2, 0) is 43.9 Å². The molecule has 0 aromatic heterocycles. The first kappa shape index (κ1) is 40.5. The predicted molar refractivity (Wildman–Crippen MR) is 219 cm³/mol. The van der Waals surface area contributed by atoms with Gasteiger partial charge in [0.25, 0.3) is 0 Å². The average molecular weight is 790 g/mol. The number of hydrogen-bond acceptors (Lipinski definition) is 8. The highest BCUT2D eigenvalue weighted by Crippen LogP contribution is 2.39. The molecule has 0 aliphatic carbocycles. The number of nitrogens with zero attached hydrogens (tertiary/aromatic N) is 1. The third kappa shape index (κ3) is 10.4. The SMILES string of the molecule is Cc1ccc(S(=O)(=O)N[C@H](Cc2ccccc2)C(=O)NCc2cccc(-c3ccc([C@@H]4O[C@H](CN5CCC[C@H]5CO)C[C@H](c5ccc(CO)cc5)O4)cc3)c2)cc1. The molecule has 0 unspecified atom stereocenters. The van der Waals surface area contributed by atoms with Crippen LogP contribution in [0.5, 0.6) is 0 Å². The summed E-state index contributed by atoms with van der Waals surface area (Å²) in [7, 11) is -3.96. The number of aliphatic hydroxyl groups excluding tert-OH is 2. The summed E-state index contributed by atoms with van der Waals surface area (Å²) in [5.74, 6) is -0.422. The number of hydrogen-bond donors (Lipinski definition) is 4. The Bertz CT molecular complexity index is 2180. The van der Waals surface area contributed by atoms with Gasteiger partial charge >= 0.3 is 0 Å². The van der Waals surface area contributed by atoms with Crippen LogP contribution in [0, 0.1) is 6.92 Å². The number of benzene rings is 5. The molecule has 4 N–H and O–H groups in total. The van der Waals surface area contributed by atoms with Crippen molar-refractivity contribution in [3.8, 4) is 11.1 Å². The minimum Gasteiger partial charge on any atom is -0.395 e. The molecule has 5 aromatic carbocycles. The summed E-state index contributed by atoms with van der Waals surface area (Å²) in [6, 6.07) is 38.9. The molecule has 0 bridgehead atoms. The van der Waals surface area contributed by atoms with Crippen molar-refractivity contribution in [2.24, 2.45) is 0 Å². The average Bonchev–Trinajstić information content (AvgIpc) is 3.70. The number of amides is 1. The van der Waals surface area contributed by atoms with Gasteiger partial charge in [-0.2, -0.15) is 4.72 Å². The first-order valence-corrected chi connectivity index (χ1v) is 21.1. The summed E-state index contributed by atoms with van der Waals surface area (Å²) in [6.45, 7) is 3.86. The van der Waals surface area contributed by atoms with Crippen molar-refractivity contribution in [3.63, 3.8) is 0 Å². The van der Waals surface area contributed by atoms with Crippen molar-refractivity contribution >= 4 is 15.9 Å². The summed E-state index contributed by atoms with van der Waals surface area (Å²) in [4.78, 5) is 16.1. The fourth-order valence-electron chi connectivity index (χ4n) is 7.65. The lowest BCUT2D eigenvalue weighted by Gasteiger charge is -2.38. The second-order valence-electron chi connectivity index (χ2n) is 15.0. The van der Waals surface area contributed by atoms with Gasteiger partial charge in [-0.05, 0) is 84.3 Å². The van der Waals surface area contributed by atoms with E-state index in [1.807, 2.05) is 110 Å². The van der Waals surface area contributed by atoms with Gasteiger partial charge in [-0.1, -0.05) is 115 Å². The molecule has 0 spiro atoms. The van der Waals surface area contributed by atoms with E-state index in [2.05, 4.69) is 14.9 Å². The highest BCUT2D eigenvalue weighted by molar-refractivity contribution is 7.89. The van der Waals surface area contributed by atoms with Crippen LogP contribution in [0.3, 0.4) is 0 Å². The lowest BCUT2D eigenvalue weighted by Crippen LogP contribution is -2.47. The van der Waals surface area contributed by atoms with E-state index >= 15 is 0 Å². The summed E-state index contributed by atoms with van der Waals surface area (Å²) < 4.78 is 42.5. The Balaban J connectivity index is 1.04. The predicted octanol–water partition coefficient (Wildman–Crippen LogP) is 6.36. The zero-order valence-electron chi connectivity index (χ0n) is 32.2. The molecule has 298 valence electrons. The van der Waals surface area contributed by atoms with Gasteiger partial charge < -0.3 is 25.0 Å². The summed E-state index contributed by atoms with van der Waals surface area (Å²) in [5.41, 5.74) is 7.34. The van der Waals surface area contributed by atoms with Gasteiger partial charge in [0, 0.05) is 31.1 Å². The molecule has 0 saturated carbocycles. The van der Waals surface area contributed by atoms with Gasteiger partial charge in [0.15, 0.2) is 6.29 Å². The molecule has 2 aliphatic heterocycles. The largest absolute Gasteiger partial charge is 0.395 e. The molecule has 57 heavy (non-hydrogen) atoms. The molecule has 2 aliphatic rings. The first-order valence-electron chi connectivity index (χ1n) is 19.6. The van der Waals surface area contributed by atoms with Gasteiger partial charge in [-0.15, -0.1) is 0 Å². The van der Waals surface area contributed by atoms with E-state index in [-0.39, 0.29) is 49.3 Å². The number of carbonyl (C=O) groups excluding carboxylic acids is 1. The Labute approximate surface area is 335 Å². The standard InChI is InChI=1S/C46H51N3O7S/c1-32-12-22-42(23-13-32)57(53,54)48-43(26-33-7-3-2-4-8-33)45(52)47-28-35-9-5-10-39(25-35)36-18-20-38(21-19-36)46-55-41(29-49-24-6-11-40(49)31-51)27-44(56-46)37-16-14-34(30-50)15-17-37/h2-5,7-10,12-23,25,40-41,43-44,46,48,50-51H,6,11,24,26-31H2,1H3,(H,47,52)/t40-,41-,43+,44+,46+/m0/s1. The van der Waals surface area contributed by atoms with Crippen LogP contribution >= 0.6 is 0 Å². The smallest absolute Gasteiger partial charge is 0.241 e. The third-order valence-corrected chi connectivity index (χ3v) is 12.4. The lowest BCUT2D eigenvalue weighted by atomic mass is 9.98. The van der Waals surface area contributed by atoms with Crippen molar-refractivity contribution in [2.75, 3.05) is 19.7 Å². The maximum atomic E-state index is 13.6. The number of aryl methyl sites for hydroxylation is 1. The molecule has 2 saturated heterocycles.